The molecule has 1 N–H and O–H groups in total. The molecule has 0 fully saturated rings. The number of ether oxygens (including phenoxy) is 1. The van der Waals surface area contributed by atoms with Crippen molar-refractivity contribution in [2.45, 2.75) is 25.2 Å². The predicted octanol–water partition coefficient (Wildman–Crippen LogP) is 2.16. The van der Waals surface area contributed by atoms with Crippen molar-refractivity contribution >= 4 is 10.0 Å². The first kappa shape index (κ1) is 14.9. The second-order valence-electron chi connectivity index (χ2n) is 4.38. The lowest BCUT2D eigenvalue weighted by Crippen LogP contribution is -2.25. The molecule has 0 atom stereocenters. The zero-order chi connectivity index (χ0) is 13.8. The zero-order valence-corrected chi connectivity index (χ0v) is 11.6. The molecule has 4 nitrogen and oxygen atoms in total. The summed E-state index contributed by atoms with van der Waals surface area (Å²) in [5.41, 5.74) is 0. The van der Waals surface area contributed by atoms with Crippen molar-refractivity contribution in [3.63, 3.8) is 0 Å². The monoisotopic (exact) mass is 275 g/mol. The molecular weight excluding hydrogens is 257 g/mol. The summed E-state index contributed by atoms with van der Waals surface area (Å²) in [5.74, 6) is -0.263. The molecular formula is C12H18FNO3S. The number of halogens is 1. The van der Waals surface area contributed by atoms with Gasteiger partial charge in [-0.3, -0.25) is 0 Å². The van der Waals surface area contributed by atoms with Crippen molar-refractivity contribution in [1.29, 1.82) is 0 Å². The van der Waals surface area contributed by atoms with Crippen LogP contribution in [0.15, 0.2) is 23.1 Å². The van der Waals surface area contributed by atoms with Gasteiger partial charge in [0.15, 0.2) is 11.6 Å². The van der Waals surface area contributed by atoms with Crippen LogP contribution in [-0.4, -0.2) is 22.1 Å². The average molecular weight is 275 g/mol. The molecule has 1 aromatic carbocycles. The molecule has 6 heteroatoms. The first-order valence-corrected chi connectivity index (χ1v) is 7.18. The van der Waals surface area contributed by atoms with Gasteiger partial charge in [-0.2, -0.15) is 0 Å². The summed E-state index contributed by atoms with van der Waals surface area (Å²) in [4.78, 5) is -0.0930. The van der Waals surface area contributed by atoms with Crippen molar-refractivity contribution in [3.8, 4) is 5.75 Å². The molecule has 0 radical (unpaired) electrons. The Morgan fingerprint density at radius 3 is 2.56 bits per heavy atom. The third-order valence-electron chi connectivity index (χ3n) is 2.45. The highest BCUT2D eigenvalue weighted by Crippen LogP contribution is 2.20. The maximum Gasteiger partial charge on any atom is 0.240 e. The first-order chi connectivity index (χ1) is 8.36. The van der Waals surface area contributed by atoms with Crippen molar-refractivity contribution in [2.75, 3.05) is 13.7 Å². The van der Waals surface area contributed by atoms with Crippen molar-refractivity contribution in [1.82, 2.24) is 4.72 Å². The largest absolute Gasteiger partial charge is 0.494 e. The highest BCUT2D eigenvalue weighted by molar-refractivity contribution is 7.89. The molecule has 1 rings (SSSR count). The third kappa shape index (κ3) is 3.96. The number of hydrogen-bond acceptors (Lipinski definition) is 3. The number of nitrogens with one attached hydrogen (secondary N) is 1. The maximum absolute atomic E-state index is 13.4. The smallest absolute Gasteiger partial charge is 0.240 e. The SMILES string of the molecule is COc1ccc(S(=O)(=O)NCCC(C)C)cc1F. The summed E-state index contributed by atoms with van der Waals surface area (Å²) < 4.78 is 44.3. The average Bonchev–Trinajstić information content (AvgIpc) is 2.28. The Hall–Kier alpha value is -1.14. The molecule has 102 valence electrons. The summed E-state index contributed by atoms with van der Waals surface area (Å²) in [7, 11) is -2.32. The number of hydrogen-bond donors (Lipinski definition) is 1. The van der Waals surface area contributed by atoms with Gasteiger partial charge in [0.2, 0.25) is 10.0 Å². The van der Waals surface area contributed by atoms with Gasteiger partial charge in [-0.15, -0.1) is 0 Å². The molecule has 0 aliphatic heterocycles. The summed E-state index contributed by atoms with van der Waals surface area (Å²) in [6.07, 6.45) is 0.734. The van der Waals surface area contributed by atoms with E-state index in [0.29, 0.717) is 12.5 Å². The lowest BCUT2D eigenvalue weighted by atomic mass is 10.1. The molecule has 1 aromatic rings. The van der Waals surface area contributed by atoms with Crippen LogP contribution in [0.25, 0.3) is 0 Å². The first-order valence-electron chi connectivity index (χ1n) is 5.70. The molecule has 18 heavy (non-hydrogen) atoms. The van der Waals surface area contributed by atoms with E-state index in [1.165, 1.54) is 19.2 Å². The second-order valence-corrected chi connectivity index (χ2v) is 6.14. The van der Waals surface area contributed by atoms with Gasteiger partial charge in [-0.25, -0.2) is 17.5 Å². The molecule has 0 saturated heterocycles. The Labute approximate surface area is 107 Å². The molecule has 0 heterocycles. The molecule has 0 unspecified atom stereocenters. The molecule has 0 aliphatic rings. The van der Waals surface area contributed by atoms with Gasteiger partial charge >= 0.3 is 0 Å². The van der Waals surface area contributed by atoms with Crippen LogP contribution in [0, 0.1) is 11.7 Å². The van der Waals surface area contributed by atoms with Crippen molar-refractivity contribution in [2.24, 2.45) is 5.92 Å². The quantitative estimate of drug-likeness (QED) is 0.865. The van der Waals surface area contributed by atoms with Gasteiger partial charge in [-0.05, 0) is 30.5 Å². The minimum absolute atomic E-state index is 0.0242. The van der Waals surface area contributed by atoms with Gasteiger partial charge in [0.25, 0.3) is 0 Å². The Bertz CT molecular complexity index is 500. The highest BCUT2D eigenvalue weighted by Gasteiger charge is 2.16. The van der Waals surface area contributed by atoms with Crippen LogP contribution in [0.2, 0.25) is 0 Å². The predicted molar refractivity (Wildman–Crippen MR) is 67.6 cm³/mol. The van der Waals surface area contributed by atoms with Crippen LogP contribution >= 0.6 is 0 Å². The van der Waals surface area contributed by atoms with Crippen molar-refractivity contribution < 1.29 is 17.5 Å². The fourth-order valence-corrected chi connectivity index (χ4v) is 2.44. The fourth-order valence-electron chi connectivity index (χ4n) is 1.38. The summed E-state index contributed by atoms with van der Waals surface area (Å²) in [5, 5.41) is 0. The molecule has 0 aromatic heterocycles. The van der Waals surface area contributed by atoms with Gasteiger partial charge in [0.1, 0.15) is 0 Å². The molecule has 0 amide bonds. The van der Waals surface area contributed by atoms with Gasteiger partial charge in [0.05, 0.1) is 12.0 Å². The minimum Gasteiger partial charge on any atom is -0.494 e. The molecule has 0 saturated carbocycles. The lowest BCUT2D eigenvalue weighted by molar-refractivity contribution is 0.385. The Morgan fingerprint density at radius 1 is 1.39 bits per heavy atom. The van der Waals surface area contributed by atoms with E-state index in [4.69, 9.17) is 4.74 Å². The summed E-state index contributed by atoms with van der Waals surface area (Å²) >= 11 is 0. The molecule has 0 spiro atoms. The molecule has 0 bridgehead atoms. The van der Waals surface area contributed by atoms with Crippen LogP contribution in [0.4, 0.5) is 4.39 Å². The number of sulfonamides is 1. The maximum atomic E-state index is 13.4. The van der Waals surface area contributed by atoms with E-state index in [1.54, 1.807) is 0 Å². The van der Waals surface area contributed by atoms with E-state index >= 15 is 0 Å². The van der Waals surface area contributed by atoms with E-state index in [1.807, 2.05) is 13.8 Å². The number of benzene rings is 1. The Kier molecular flexibility index (Phi) is 5.10. The molecule has 0 aliphatic carbocycles. The summed E-state index contributed by atoms with van der Waals surface area (Å²) in [6, 6.07) is 3.57. The topological polar surface area (TPSA) is 55.4 Å². The fraction of sp³-hybridized carbons (Fsp3) is 0.500. The normalized spacial score (nSPS) is 11.8. The minimum atomic E-state index is -3.65. The lowest BCUT2D eigenvalue weighted by Gasteiger charge is -2.09. The third-order valence-corrected chi connectivity index (χ3v) is 3.91. The van der Waals surface area contributed by atoms with Crippen LogP contribution in [0.3, 0.4) is 0 Å². The number of methoxy groups -OCH3 is 1. The Balaban J connectivity index is 2.82. The van der Waals surface area contributed by atoms with E-state index in [0.717, 1.165) is 12.5 Å². The number of rotatable bonds is 6. The van der Waals surface area contributed by atoms with E-state index in [9.17, 15) is 12.8 Å². The highest BCUT2D eigenvalue weighted by atomic mass is 32.2. The Morgan fingerprint density at radius 2 is 2.06 bits per heavy atom. The van der Waals surface area contributed by atoms with Crippen LogP contribution in [-0.2, 0) is 10.0 Å². The van der Waals surface area contributed by atoms with Gasteiger partial charge < -0.3 is 4.74 Å². The van der Waals surface area contributed by atoms with Crippen LogP contribution in [0.5, 0.6) is 5.75 Å². The van der Waals surface area contributed by atoms with Crippen LogP contribution < -0.4 is 9.46 Å². The van der Waals surface area contributed by atoms with E-state index in [2.05, 4.69) is 4.72 Å². The summed E-state index contributed by atoms with van der Waals surface area (Å²) in [6.45, 7) is 4.34. The van der Waals surface area contributed by atoms with Crippen molar-refractivity contribution in [3.05, 3.63) is 24.0 Å². The zero-order valence-electron chi connectivity index (χ0n) is 10.7. The van der Waals surface area contributed by atoms with Crippen LogP contribution in [0.1, 0.15) is 20.3 Å². The second kappa shape index (κ2) is 6.15. The van der Waals surface area contributed by atoms with E-state index < -0.39 is 15.8 Å². The standard InChI is InChI=1S/C12H18FNO3S/c1-9(2)6-7-14-18(15,16)10-4-5-12(17-3)11(13)8-10/h4-5,8-9,14H,6-7H2,1-3H3. The van der Waals surface area contributed by atoms with E-state index in [-0.39, 0.29) is 10.6 Å². The van der Waals surface area contributed by atoms with Gasteiger partial charge in [-0.1, -0.05) is 13.8 Å². The van der Waals surface area contributed by atoms with Gasteiger partial charge in [0, 0.05) is 6.54 Å².